The summed E-state index contributed by atoms with van der Waals surface area (Å²) in [6.45, 7) is 7.44. The first kappa shape index (κ1) is 24.6. The van der Waals surface area contributed by atoms with Crippen molar-refractivity contribution in [3.63, 3.8) is 0 Å². The number of fused-ring (bicyclic) bond motifs is 1. The van der Waals surface area contributed by atoms with Gasteiger partial charge in [0, 0.05) is 53.7 Å². The number of carbonyl (C=O) groups is 2. The van der Waals surface area contributed by atoms with E-state index in [0.717, 1.165) is 44.6 Å². The highest BCUT2D eigenvalue weighted by molar-refractivity contribution is 6.32. The predicted octanol–water partition coefficient (Wildman–Crippen LogP) is 5.18. The van der Waals surface area contributed by atoms with Gasteiger partial charge in [0.25, 0.3) is 5.91 Å². The SMILES string of the molecule is C[C@H]1NC(=O)[C@]2(C)CC[C@@H](c3ccc(C(=O)N4CCN(C)CC4)cc3Cl)[C@H](c3ccc(Cl)cc3)[C@H]12. The lowest BCUT2D eigenvalue weighted by atomic mass is 9.56. The number of hydrogen-bond donors (Lipinski definition) is 1. The third-order valence-corrected chi connectivity index (χ3v) is 9.22. The van der Waals surface area contributed by atoms with Gasteiger partial charge in [-0.1, -0.05) is 48.3 Å². The molecule has 0 unspecified atom stereocenters. The number of rotatable bonds is 3. The van der Waals surface area contributed by atoms with E-state index >= 15 is 0 Å². The van der Waals surface area contributed by atoms with Crippen LogP contribution in [0.5, 0.6) is 0 Å². The lowest BCUT2D eigenvalue weighted by Crippen LogP contribution is -2.47. The molecule has 2 aliphatic heterocycles. The van der Waals surface area contributed by atoms with Crippen molar-refractivity contribution in [2.45, 2.75) is 44.6 Å². The van der Waals surface area contributed by atoms with Gasteiger partial charge >= 0.3 is 0 Å². The van der Waals surface area contributed by atoms with Crippen LogP contribution in [0.2, 0.25) is 10.0 Å². The maximum atomic E-state index is 13.1. The maximum absolute atomic E-state index is 13.1. The van der Waals surface area contributed by atoms with Crippen molar-refractivity contribution in [3.05, 3.63) is 69.2 Å². The number of halogens is 2. The number of carbonyl (C=O) groups excluding carboxylic acids is 2. The zero-order valence-corrected chi connectivity index (χ0v) is 22.1. The molecule has 3 aliphatic rings. The largest absolute Gasteiger partial charge is 0.353 e. The first-order chi connectivity index (χ1) is 16.7. The second-order valence-electron chi connectivity index (χ2n) is 10.8. The molecule has 0 bridgehead atoms. The lowest BCUT2D eigenvalue weighted by Gasteiger charge is -2.46. The molecule has 2 amide bonds. The number of nitrogens with one attached hydrogen (secondary N) is 1. The summed E-state index contributed by atoms with van der Waals surface area (Å²) < 4.78 is 0. The topological polar surface area (TPSA) is 52.7 Å². The van der Waals surface area contributed by atoms with E-state index < -0.39 is 5.41 Å². The normalized spacial score (nSPS) is 31.2. The number of likely N-dealkylation sites (N-methyl/N-ethyl adjacent to an activating group) is 1. The molecule has 186 valence electrons. The van der Waals surface area contributed by atoms with Crippen LogP contribution in [0.4, 0.5) is 0 Å². The Morgan fingerprint density at radius 1 is 1.06 bits per heavy atom. The zero-order chi connectivity index (χ0) is 24.9. The van der Waals surface area contributed by atoms with Gasteiger partial charge in [-0.05, 0) is 74.0 Å². The monoisotopic (exact) mass is 513 g/mol. The molecular formula is C28H33Cl2N3O2. The molecule has 2 saturated heterocycles. The minimum atomic E-state index is -0.413. The fourth-order valence-corrected chi connectivity index (χ4v) is 7.11. The molecule has 2 aromatic carbocycles. The van der Waals surface area contributed by atoms with Crippen molar-refractivity contribution in [2.24, 2.45) is 11.3 Å². The molecule has 2 heterocycles. The van der Waals surface area contributed by atoms with Crippen molar-refractivity contribution >= 4 is 35.0 Å². The molecule has 0 radical (unpaired) electrons. The van der Waals surface area contributed by atoms with Crippen LogP contribution in [-0.2, 0) is 4.79 Å². The standard InChI is InChI=1S/C28H33Cl2N3O2/c1-17-25-24(18-4-7-20(29)8-5-18)22(10-11-28(25,2)27(35)31-17)21-9-6-19(16-23(21)30)26(34)33-14-12-32(3)13-15-33/h4-9,16-17,22,24-25H,10-15H2,1-3H3,(H,31,35)/t17-,22+,24+,25+,28-/m1/s1. The van der Waals surface area contributed by atoms with Gasteiger partial charge in [-0.15, -0.1) is 0 Å². The van der Waals surface area contributed by atoms with Crippen LogP contribution >= 0.6 is 23.2 Å². The molecule has 1 N–H and O–H groups in total. The maximum Gasteiger partial charge on any atom is 0.253 e. The summed E-state index contributed by atoms with van der Waals surface area (Å²) in [5.41, 5.74) is 2.45. The fourth-order valence-electron chi connectivity index (χ4n) is 6.66. The minimum absolute atomic E-state index is 0.0382. The Bertz CT molecular complexity index is 1130. The van der Waals surface area contributed by atoms with Gasteiger partial charge in [0.15, 0.2) is 0 Å². The van der Waals surface area contributed by atoms with E-state index in [9.17, 15) is 9.59 Å². The molecular weight excluding hydrogens is 481 g/mol. The third kappa shape index (κ3) is 4.36. The highest BCUT2D eigenvalue weighted by Gasteiger charge is 2.57. The van der Waals surface area contributed by atoms with E-state index in [2.05, 4.69) is 43.2 Å². The van der Waals surface area contributed by atoms with Gasteiger partial charge in [-0.25, -0.2) is 0 Å². The van der Waals surface area contributed by atoms with Crippen LogP contribution in [-0.4, -0.2) is 60.9 Å². The van der Waals surface area contributed by atoms with Crippen LogP contribution in [0.25, 0.3) is 0 Å². The minimum Gasteiger partial charge on any atom is -0.353 e. The smallest absolute Gasteiger partial charge is 0.253 e. The summed E-state index contributed by atoms with van der Waals surface area (Å²) in [6, 6.07) is 13.9. The summed E-state index contributed by atoms with van der Waals surface area (Å²) >= 11 is 13.1. The van der Waals surface area contributed by atoms with E-state index in [4.69, 9.17) is 23.2 Å². The van der Waals surface area contributed by atoms with Crippen LogP contribution in [0, 0.1) is 11.3 Å². The number of hydrogen-bond acceptors (Lipinski definition) is 3. The van der Waals surface area contributed by atoms with Gasteiger partial charge in [-0.3, -0.25) is 9.59 Å². The van der Waals surface area contributed by atoms with E-state index in [0.29, 0.717) is 15.6 Å². The van der Waals surface area contributed by atoms with Crippen molar-refractivity contribution < 1.29 is 9.59 Å². The van der Waals surface area contributed by atoms with Crippen molar-refractivity contribution in [3.8, 4) is 0 Å². The number of amides is 2. The van der Waals surface area contributed by atoms with Crippen molar-refractivity contribution in [2.75, 3.05) is 33.2 Å². The van der Waals surface area contributed by atoms with Crippen LogP contribution in [0.3, 0.4) is 0 Å². The summed E-state index contributed by atoms with van der Waals surface area (Å²) in [5, 5.41) is 4.53. The fraction of sp³-hybridized carbons (Fsp3) is 0.500. The summed E-state index contributed by atoms with van der Waals surface area (Å²) in [4.78, 5) is 30.2. The molecule has 5 rings (SSSR count). The average molecular weight is 514 g/mol. The summed E-state index contributed by atoms with van der Waals surface area (Å²) in [6.07, 6.45) is 1.66. The van der Waals surface area contributed by atoms with E-state index in [1.54, 1.807) is 0 Å². The van der Waals surface area contributed by atoms with E-state index in [1.165, 1.54) is 5.56 Å². The molecule has 5 atom stereocenters. The van der Waals surface area contributed by atoms with E-state index in [1.807, 2.05) is 35.2 Å². The number of piperazine rings is 1. The van der Waals surface area contributed by atoms with Gasteiger partial charge < -0.3 is 15.1 Å². The van der Waals surface area contributed by atoms with Gasteiger partial charge in [0.05, 0.1) is 5.41 Å². The quantitative estimate of drug-likeness (QED) is 0.614. The molecule has 5 nitrogen and oxygen atoms in total. The summed E-state index contributed by atoms with van der Waals surface area (Å²) in [5.74, 6) is 0.571. The van der Waals surface area contributed by atoms with Gasteiger partial charge in [0.2, 0.25) is 5.91 Å². The predicted molar refractivity (Wildman–Crippen MR) is 140 cm³/mol. The Labute approximate surface area is 217 Å². The van der Waals surface area contributed by atoms with Gasteiger partial charge in [-0.2, -0.15) is 0 Å². The molecule has 2 aromatic rings. The Morgan fingerprint density at radius 2 is 1.74 bits per heavy atom. The first-order valence-corrected chi connectivity index (χ1v) is 13.3. The number of benzene rings is 2. The Balaban J connectivity index is 1.49. The molecule has 0 aromatic heterocycles. The second-order valence-corrected chi connectivity index (χ2v) is 11.6. The molecule has 7 heteroatoms. The Morgan fingerprint density at radius 3 is 2.40 bits per heavy atom. The average Bonchev–Trinajstić information content (AvgIpc) is 3.07. The Hall–Kier alpha value is -2.08. The molecule has 3 fully saturated rings. The first-order valence-electron chi connectivity index (χ1n) is 12.5. The van der Waals surface area contributed by atoms with Crippen LogP contribution < -0.4 is 5.32 Å². The summed E-state index contributed by atoms with van der Waals surface area (Å²) in [7, 11) is 2.08. The lowest BCUT2D eigenvalue weighted by molar-refractivity contribution is -0.129. The van der Waals surface area contributed by atoms with E-state index in [-0.39, 0.29) is 35.6 Å². The Kier molecular flexibility index (Phi) is 6.62. The molecule has 35 heavy (non-hydrogen) atoms. The third-order valence-electron chi connectivity index (χ3n) is 8.64. The molecule has 1 aliphatic carbocycles. The van der Waals surface area contributed by atoms with Crippen molar-refractivity contribution in [1.29, 1.82) is 0 Å². The van der Waals surface area contributed by atoms with Crippen LogP contribution in [0.15, 0.2) is 42.5 Å². The van der Waals surface area contributed by atoms with Gasteiger partial charge in [0.1, 0.15) is 0 Å². The highest BCUT2D eigenvalue weighted by atomic mass is 35.5. The molecule has 0 spiro atoms. The van der Waals surface area contributed by atoms with Crippen LogP contribution in [0.1, 0.15) is 60.0 Å². The second kappa shape index (κ2) is 9.42. The number of nitrogens with zero attached hydrogens (tertiary/aromatic N) is 2. The van der Waals surface area contributed by atoms with Crippen molar-refractivity contribution in [1.82, 2.24) is 15.1 Å². The molecule has 1 saturated carbocycles. The highest BCUT2D eigenvalue weighted by Crippen LogP contribution is 2.59. The zero-order valence-electron chi connectivity index (χ0n) is 20.6.